The first-order valence-electron chi connectivity index (χ1n) is 9.50. The maximum atomic E-state index is 13.7. The molecule has 7 nitrogen and oxygen atoms in total. The molecule has 0 aliphatic carbocycles. The molecule has 1 aromatic rings. The van der Waals surface area contributed by atoms with Gasteiger partial charge in [0.2, 0.25) is 5.91 Å². The summed E-state index contributed by atoms with van der Waals surface area (Å²) in [7, 11) is 0. The summed E-state index contributed by atoms with van der Waals surface area (Å²) in [4.78, 5) is 30.2. The minimum absolute atomic E-state index is 0.264. The number of aliphatic imine (C=N–C) groups is 1. The average molecular weight is 414 g/mol. The minimum Gasteiger partial charge on any atom is -0.466 e. The van der Waals surface area contributed by atoms with Crippen LogP contribution in [0, 0.1) is 23.4 Å². The molecule has 0 radical (unpaired) electrons. The molecule has 1 heterocycles. The molecule has 0 bridgehead atoms. The summed E-state index contributed by atoms with van der Waals surface area (Å²) in [5.74, 6) is -5.27. The van der Waals surface area contributed by atoms with Crippen LogP contribution in [-0.2, 0) is 14.3 Å². The van der Waals surface area contributed by atoms with E-state index < -0.39 is 29.0 Å². The molecule has 1 fully saturated rings. The molecular formula is C19H25F3N4O3. The van der Waals surface area contributed by atoms with E-state index in [1.165, 1.54) is 0 Å². The second kappa shape index (κ2) is 10.7. The Hall–Kier alpha value is -2.78. The summed E-state index contributed by atoms with van der Waals surface area (Å²) < 4.78 is 45.0. The molecule has 0 spiro atoms. The van der Waals surface area contributed by atoms with Crippen molar-refractivity contribution in [3.63, 3.8) is 0 Å². The Morgan fingerprint density at radius 1 is 1.24 bits per heavy atom. The molecule has 1 saturated heterocycles. The van der Waals surface area contributed by atoms with Crippen molar-refractivity contribution in [3.05, 3.63) is 29.6 Å². The van der Waals surface area contributed by atoms with Gasteiger partial charge in [0.1, 0.15) is 6.54 Å². The lowest BCUT2D eigenvalue weighted by molar-refractivity contribution is -0.149. The van der Waals surface area contributed by atoms with Gasteiger partial charge in [0.05, 0.1) is 18.2 Å². The first-order valence-corrected chi connectivity index (χ1v) is 9.50. The zero-order chi connectivity index (χ0) is 21.4. The number of nitrogens with zero attached hydrogens (tertiary/aromatic N) is 2. The van der Waals surface area contributed by atoms with E-state index in [2.05, 4.69) is 15.6 Å². The van der Waals surface area contributed by atoms with Crippen LogP contribution in [0.15, 0.2) is 17.1 Å². The largest absolute Gasteiger partial charge is 0.466 e. The van der Waals surface area contributed by atoms with Crippen LogP contribution in [-0.4, -0.2) is 55.5 Å². The monoisotopic (exact) mass is 414 g/mol. The smallest absolute Gasteiger partial charge is 0.310 e. The number of halogens is 3. The molecule has 1 amide bonds. The van der Waals surface area contributed by atoms with Gasteiger partial charge in [-0.25, -0.2) is 18.2 Å². The number of guanidine groups is 1. The van der Waals surface area contributed by atoms with Crippen LogP contribution in [0.25, 0.3) is 0 Å². The van der Waals surface area contributed by atoms with Crippen molar-refractivity contribution in [2.75, 3.05) is 38.1 Å². The van der Waals surface area contributed by atoms with E-state index in [9.17, 15) is 22.8 Å². The highest BCUT2D eigenvalue weighted by Gasteiger charge is 2.28. The molecule has 10 heteroatoms. The van der Waals surface area contributed by atoms with Crippen molar-refractivity contribution in [2.45, 2.75) is 26.7 Å². The molecule has 0 saturated carbocycles. The predicted molar refractivity (Wildman–Crippen MR) is 102 cm³/mol. The van der Waals surface area contributed by atoms with Gasteiger partial charge >= 0.3 is 5.97 Å². The number of esters is 1. The lowest BCUT2D eigenvalue weighted by atomic mass is 9.98. The normalized spacial score (nSPS) is 17.1. The number of carbonyl (C=O) groups is 2. The van der Waals surface area contributed by atoms with Crippen LogP contribution in [0.5, 0.6) is 0 Å². The number of nitrogens with one attached hydrogen (secondary N) is 2. The van der Waals surface area contributed by atoms with E-state index in [1.54, 1.807) is 6.92 Å². The number of ether oxygens (including phenoxy) is 1. The number of rotatable bonds is 6. The van der Waals surface area contributed by atoms with Crippen LogP contribution < -0.4 is 10.6 Å². The molecule has 160 valence electrons. The lowest BCUT2D eigenvalue weighted by Gasteiger charge is -2.33. The van der Waals surface area contributed by atoms with Gasteiger partial charge in [-0.3, -0.25) is 9.59 Å². The molecule has 1 unspecified atom stereocenters. The topological polar surface area (TPSA) is 83.0 Å². The summed E-state index contributed by atoms with van der Waals surface area (Å²) in [6.45, 7) is 5.16. The standard InChI is InChI=1S/C19H25F3N4O3/c1-3-23-19(26-9-5-6-12(11-26)18(28)29-4-2)24-10-15(27)25-14-8-7-13(20)16(21)17(14)22/h7-8,12H,3-6,9-11H2,1-2H3,(H,23,24)(H,25,27). The SMILES string of the molecule is CCNC(=NCC(=O)Nc1ccc(F)c(F)c1F)N1CCCC(C(=O)OCC)C1. The van der Waals surface area contributed by atoms with Gasteiger partial charge in [0.25, 0.3) is 0 Å². The van der Waals surface area contributed by atoms with Crippen molar-refractivity contribution >= 4 is 23.5 Å². The Morgan fingerprint density at radius 2 is 2.00 bits per heavy atom. The molecular weight excluding hydrogens is 389 g/mol. The van der Waals surface area contributed by atoms with Gasteiger partial charge in [0, 0.05) is 19.6 Å². The van der Waals surface area contributed by atoms with Crippen molar-refractivity contribution in [1.29, 1.82) is 0 Å². The summed E-state index contributed by atoms with van der Waals surface area (Å²) in [5, 5.41) is 5.23. The third-order valence-electron chi connectivity index (χ3n) is 4.36. The Labute approximate surface area is 167 Å². The highest BCUT2D eigenvalue weighted by Crippen LogP contribution is 2.20. The van der Waals surface area contributed by atoms with Gasteiger partial charge in [0.15, 0.2) is 23.4 Å². The first kappa shape index (κ1) is 22.5. The van der Waals surface area contributed by atoms with Gasteiger partial charge in [-0.05, 0) is 38.8 Å². The summed E-state index contributed by atoms with van der Waals surface area (Å²) in [6, 6.07) is 1.67. The molecule has 2 N–H and O–H groups in total. The molecule has 1 aromatic carbocycles. The van der Waals surface area contributed by atoms with Crippen LogP contribution in [0.4, 0.5) is 18.9 Å². The number of amides is 1. The first-order chi connectivity index (χ1) is 13.9. The molecule has 1 aliphatic rings. The maximum absolute atomic E-state index is 13.7. The van der Waals surface area contributed by atoms with Gasteiger partial charge < -0.3 is 20.3 Å². The number of benzene rings is 1. The number of carbonyl (C=O) groups excluding carboxylic acids is 2. The Bertz CT molecular complexity index is 773. The number of hydrogen-bond donors (Lipinski definition) is 2. The van der Waals surface area contributed by atoms with Crippen LogP contribution >= 0.6 is 0 Å². The minimum atomic E-state index is -1.65. The van der Waals surface area contributed by atoms with Gasteiger partial charge in [-0.1, -0.05) is 0 Å². The molecule has 2 rings (SSSR count). The van der Waals surface area contributed by atoms with Crippen molar-refractivity contribution < 1.29 is 27.5 Å². The third-order valence-corrected chi connectivity index (χ3v) is 4.36. The van der Waals surface area contributed by atoms with E-state index in [0.29, 0.717) is 38.6 Å². The fraction of sp³-hybridized carbons (Fsp3) is 0.526. The van der Waals surface area contributed by atoms with Crippen LogP contribution in [0.2, 0.25) is 0 Å². The fourth-order valence-electron chi connectivity index (χ4n) is 3.01. The number of piperidine rings is 1. The highest BCUT2D eigenvalue weighted by molar-refractivity contribution is 5.94. The van der Waals surface area contributed by atoms with Crippen LogP contribution in [0.3, 0.4) is 0 Å². The number of hydrogen-bond acceptors (Lipinski definition) is 4. The van der Waals surface area contributed by atoms with E-state index in [4.69, 9.17) is 4.74 Å². The van der Waals surface area contributed by atoms with Crippen molar-refractivity contribution in [1.82, 2.24) is 10.2 Å². The lowest BCUT2D eigenvalue weighted by Crippen LogP contribution is -2.48. The Kier molecular flexibility index (Phi) is 8.29. The Morgan fingerprint density at radius 3 is 2.69 bits per heavy atom. The van der Waals surface area contributed by atoms with Gasteiger partial charge in [-0.15, -0.1) is 0 Å². The summed E-state index contributed by atoms with van der Waals surface area (Å²) >= 11 is 0. The van der Waals surface area contributed by atoms with Crippen molar-refractivity contribution in [3.8, 4) is 0 Å². The van der Waals surface area contributed by atoms with E-state index in [0.717, 1.165) is 18.6 Å². The fourth-order valence-corrected chi connectivity index (χ4v) is 3.01. The summed E-state index contributed by atoms with van der Waals surface area (Å²) in [6.07, 6.45) is 1.48. The molecule has 0 aromatic heterocycles. The van der Waals surface area contributed by atoms with Crippen LogP contribution in [0.1, 0.15) is 26.7 Å². The van der Waals surface area contributed by atoms with E-state index >= 15 is 0 Å². The quantitative estimate of drug-likeness (QED) is 0.323. The average Bonchev–Trinajstić information content (AvgIpc) is 2.72. The number of likely N-dealkylation sites (tertiary alicyclic amines) is 1. The van der Waals surface area contributed by atoms with Crippen molar-refractivity contribution in [2.24, 2.45) is 10.9 Å². The number of anilines is 1. The molecule has 29 heavy (non-hydrogen) atoms. The Balaban J connectivity index is 2.03. The second-order valence-corrected chi connectivity index (χ2v) is 6.48. The third kappa shape index (κ3) is 6.10. The van der Waals surface area contributed by atoms with E-state index in [1.807, 2.05) is 11.8 Å². The zero-order valence-electron chi connectivity index (χ0n) is 16.4. The maximum Gasteiger partial charge on any atom is 0.310 e. The second-order valence-electron chi connectivity index (χ2n) is 6.48. The zero-order valence-corrected chi connectivity index (χ0v) is 16.4. The highest BCUT2D eigenvalue weighted by atomic mass is 19.2. The summed E-state index contributed by atoms with van der Waals surface area (Å²) in [5.41, 5.74) is -0.463. The predicted octanol–water partition coefficient (Wildman–Crippen LogP) is 2.28. The molecule has 1 aliphatic heterocycles. The molecule has 1 atom stereocenters. The van der Waals surface area contributed by atoms with E-state index in [-0.39, 0.29) is 18.4 Å². The van der Waals surface area contributed by atoms with Gasteiger partial charge in [-0.2, -0.15) is 0 Å².